The number of nitrogens with one attached hydrogen (secondary N) is 1. The van der Waals surface area contributed by atoms with E-state index in [0.717, 1.165) is 9.87 Å². The first-order chi connectivity index (χ1) is 16.8. The van der Waals surface area contributed by atoms with Gasteiger partial charge in [-0.3, -0.25) is 9.10 Å². The van der Waals surface area contributed by atoms with E-state index in [2.05, 4.69) is 5.32 Å². The molecule has 0 radical (unpaired) electrons. The van der Waals surface area contributed by atoms with Gasteiger partial charge in [0, 0.05) is 29.8 Å². The molecule has 0 bridgehead atoms. The van der Waals surface area contributed by atoms with Crippen molar-refractivity contribution in [2.24, 2.45) is 0 Å². The van der Waals surface area contributed by atoms with E-state index >= 15 is 0 Å². The molecule has 0 spiro atoms. The predicted octanol–water partition coefficient (Wildman–Crippen LogP) is 4.26. The number of sulfonamides is 1. The van der Waals surface area contributed by atoms with Crippen molar-refractivity contribution in [2.75, 3.05) is 32.1 Å². The van der Waals surface area contributed by atoms with Crippen molar-refractivity contribution in [1.82, 2.24) is 5.32 Å². The minimum atomic E-state index is -4.12. The van der Waals surface area contributed by atoms with Gasteiger partial charge in [-0.2, -0.15) is 0 Å². The molecule has 182 valence electrons. The van der Waals surface area contributed by atoms with Gasteiger partial charge in [-0.25, -0.2) is 8.42 Å². The van der Waals surface area contributed by atoms with Gasteiger partial charge in [0.25, 0.3) is 15.9 Å². The molecule has 1 N–H and O–H groups in total. The zero-order chi connectivity index (χ0) is 25.2. The van der Waals surface area contributed by atoms with Gasteiger partial charge in [-0.05, 0) is 47.9 Å². The van der Waals surface area contributed by atoms with E-state index in [1.807, 2.05) is 18.2 Å². The highest BCUT2D eigenvalue weighted by Crippen LogP contribution is 2.43. The molecule has 0 saturated heterocycles. The summed E-state index contributed by atoms with van der Waals surface area (Å²) < 4.78 is 38.7. The van der Waals surface area contributed by atoms with Gasteiger partial charge in [0.05, 0.1) is 19.9 Å². The average molecular weight is 513 g/mol. The van der Waals surface area contributed by atoms with Crippen LogP contribution in [0.1, 0.15) is 16.7 Å². The third kappa shape index (κ3) is 4.72. The highest BCUT2D eigenvalue weighted by molar-refractivity contribution is 7.97. The molecule has 7 nitrogen and oxygen atoms in total. The fraction of sp³-hybridized carbons (Fsp3) is 0.192. The number of hydrogen-bond acceptors (Lipinski definition) is 5. The molecular weight excluding hydrogens is 488 g/mol. The molecule has 1 amide bonds. The number of ether oxygens (including phenoxy) is 2. The van der Waals surface area contributed by atoms with E-state index in [0.29, 0.717) is 45.3 Å². The summed E-state index contributed by atoms with van der Waals surface area (Å²) >= 11 is 6.26. The van der Waals surface area contributed by atoms with E-state index in [1.54, 1.807) is 62.8 Å². The lowest BCUT2D eigenvalue weighted by atomic mass is 9.95. The number of fused-ring (bicyclic) bond motifs is 1. The van der Waals surface area contributed by atoms with E-state index in [1.165, 1.54) is 7.05 Å². The highest BCUT2D eigenvalue weighted by atomic mass is 35.5. The summed E-state index contributed by atoms with van der Waals surface area (Å²) in [4.78, 5) is 13.1. The lowest BCUT2D eigenvalue weighted by Gasteiger charge is -2.31. The summed E-state index contributed by atoms with van der Waals surface area (Å²) in [5.74, 6) is 0.503. The van der Waals surface area contributed by atoms with Crippen molar-refractivity contribution in [2.45, 2.75) is 6.42 Å². The number of carbonyl (C=O) groups is 1. The van der Waals surface area contributed by atoms with E-state index in [4.69, 9.17) is 21.1 Å². The van der Waals surface area contributed by atoms with Crippen molar-refractivity contribution in [3.63, 3.8) is 0 Å². The Morgan fingerprint density at radius 3 is 2.37 bits per heavy atom. The van der Waals surface area contributed by atoms with Crippen LogP contribution < -0.4 is 19.1 Å². The average Bonchev–Trinajstić information content (AvgIpc) is 2.86. The zero-order valence-electron chi connectivity index (χ0n) is 19.5. The first kappa shape index (κ1) is 24.6. The summed E-state index contributed by atoms with van der Waals surface area (Å²) in [6.07, 6.45) is 0.471. The SMILES string of the molecule is COc1ccc(CCNC(=O)C2=C(c3ccccc3)c3cc(Cl)ccc3N(C)S2(=O)=O)cc1OC. The molecule has 0 saturated carbocycles. The molecule has 1 aliphatic rings. The second kappa shape index (κ2) is 10.0. The summed E-state index contributed by atoms with van der Waals surface area (Å²) in [7, 11) is 0.422. The van der Waals surface area contributed by atoms with Crippen LogP contribution >= 0.6 is 11.6 Å². The molecule has 9 heteroatoms. The molecular formula is C26H25ClN2O5S. The van der Waals surface area contributed by atoms with Crippen LogP contribution in [0.3, 0.4) is 0 Å². The number of rotatable bonds is 7. The molecule has 1 heterocycles. The Hall–Kier alpha value is -3.49. The van der Waals surface area contributed by atoms with Crippen molar-refractivity contribution in [1.29, 1.82) is 0 Å². The molecule has 1 aliphatic heterocycles. The summed E-state index contributed by atoms with van der Waals surface area (Å²) in [5.41, 5.74) is 2.87. The Bertz CT molecular complexity index is 1400. The third-order valence-corrected chi connectivity index (χ3v) is 7.89. The van der Waals surface area contributed by atoms with E-state index < -0.39 is 15.9 Å². The van der Waals surface area contributed by atoms with Crippen molar-refractivity contribution < 1.29 is 22.7 Å². The Labute approximate surface area is 210 Å². The van der Waals surface area contributed by atoms with Gasteiger partial charge in [0.15, 0.2) is 16.4 Å². The monoisotopic (exact) mass is 512 g/mol. The van der Waals surface area contributed by atoms with Gasteiger partial charge in [0.1, 0.15) is 0 Å². The topological polar surface area (TPSA) is 84.9 Å². The van der Waals surface area contributed by atoms with Gasteiger partial charge >= 0.3 is 0 Å². The number of benzene rings is 3. The molecule has 3 aromatic rings. The van der Waals surface area contributed by atoms with Crippen molar-refractivity contribution in [3.8, 4) is 11.5 Å². The van der Waals surface area contributed by atoms with Gasteiger partial charge in [0.2, 0.25) is 0 Å². The number of hydrogen-bond donors (Lipinski definition) is 1. The minimum Gasteiger partial charge on any atom is -0.493 e. The quantitative estimate of drug-likeness (QED) is 0.511. The minimum absolute atomic E-state index is 0.224. The number of nitrogens with zero attached hydrogens (tertiary/aromatic N) is 1. The van der Waals surface area contributed by atoms with Crippen LogP contribution in [0, 0.1) is 0 Å². The molecule has 0 aromatic heterocycles. The zero-order valence-corrected chi connectivity index (χ0v) is 21.1. The van der Waals surface area contributed by atoms with Crippen LogP contribution in [0.2, 0.25) is 5.02 Å². The summed E-state index contributed by atoms with van der Waals surface area (Å²) in [6, 6.07) is 19.4. The smallest absolute Gasteiger partial charge is 0.270 e. The van der Waals surface area contributed by atoms with Gasteiger partial charge in [-0.1, -0.05) is 48.0 Å². The molecule has 0 unspecified atom stereocenters. The van der Waals surface area contributed by atoms with Crippen LogP contribution in [-0.4, -0.2) is 42.1 Å². The van der Waals surface area contributed by atoms with E-state index in [9.17, 15) is 13.2 Å². The standard InChI is InChI=1S/C26H25ClN2O5S/c1-29-21-11-10-19(27)16-20(21)24(18-7-5-4-6-8-18)25(35(29,31)32)26(30)28-14-13-17-9-12-22(33-2)23(15-17)34-3/h4-12,15-16H,13-14H2,1-3H3,(H,28,30). The Kier molecular flexibility index (Phi) is 7.05. The number of halogens is 1. The molecule has 3 aromatic carbocycles. The molecule has 35 heavy (non-hydrogen) atoms. The van der Waals surface area contributed by atoms with Crippen LogP contribution in [0.25, 0.3) is 5.57 Å². The largest absolute Gasteiger partial charge is 0.493 e. The van der Waals surface area contributed by atoms with Crippen molar-refractivity contribution in [3.05, 3.63) is 93.3 Å². The second-order valence-electron chi connectivity index (χ2n) is 7.90. The van der Waals surface area contributed by atoms with Crippen LogP contribution in [0.15, 0.2) is 71.6 Å². The van der Waals surface area contributed by atoms with E-state index in [-0.39, 0.29) is 11.4 Å². The maximum absolute atomic E-state index is 13.5. The van der Waals surface area contributed by atoms with Crippen LogP contribution in [0.4, 0.5) is 5.69 Å². The fourth-order valence-electron chi connectivity index (χ4n) is 4.06. The number of carbonyl (C=O) groups excluding carboxylic acids is 1. The molecule has 0 atom stereocenters. The normalized spacial score (nSPS) is 14.3. The third-order valence-electron chi connectivity index (χ3n) is 5.83. The molecule has 0 fully saturated rings. The molecule has 0 aliphatic carbocycles. The predicted molar refractivity (Wildman–Crippen MR) is 137 cm³/mol. The fourth-order valence-corrected chi connectivity index (χ4v) is 5.72. The lowest BCUT2D eigenvalue weighted by Crippen LogP contribution is -2.40. The van der Waals surface area contributed by atoms with Crippen LogP contribution in [0.5, 0.6) is 11.5 Å². The van der Waals surface area contributed by atoms with Crippen LogP contribution in [-0.2, 0) is 21.2 Å². The Balaban J connectivity index is 1.71. The summed E-state index contributed by atoms with van der Waals surface area (Å²) in [5, 5.41) is 3.22. The highest BCUT2D eigenvalue weighted by Gasteiger charge is 2.39. The number of anilines is 1. The van der Waals surface area contributed by atoms with Crippen molar-refractivity contribution >= 4 is 38.8 Å². The maximum atomic E-state index is 13.5. The molecule has 4 rings (SSSR count). The Morgan fingerprint density at radius 2 is 1.69 bits per heavy atom. The number of methoxy groups -OCH3 is 2. The summed E-state index contributed by atoms with van der Waals surface area (Å²) in [6.45, 7) is 0.224. The Morgan fingerprint density at radius 1 is 0.971 bits per heavy atom. The van der Waals surface area contributed by atoms with Gasteiger partial charge < -0.3 is 14.8 Å². The maximum Gasteiger partial charge on any atom is 0.270 e. The first-order valence-corrected chi connectivity index (χ1v) is 12.7. The number of amides is 1. The lowest BCUT2D eigenvalue weighted by molar-refractivity contribution is -0.116. The first-order valence-electron chi connectivity index (χ1n) is 10.9. The van der Waals surface area contributed by atoms with Gasteiger partial charge in [-0.15, -0.1) is 0 Å². The second-order valence-corrected chi connectivity index (χ2v) is 10.2.